The van der Waals surface area contributed by atoms with Crippen molar-refractivity contribution in [3.63, 3.8) is 0 Å². The van der Waals surface area contributed by atoms with Crippen LogP contribution < -0.4 is 5.73 Å². The highest BCUT2D eigenvalue weighted by Gasteiger charge is 2.32. The molecule has 0 heterocycles. The van der Waals surface area contributed by atoms with E-state index < -0.39 is 38.5 Å². The molecule has 0 aliphatic carbocycles. The normalized spacial score (nSPS) is 12.2. The van der Waals surface area contributed by atoms with Crippen molar-refractivity contribution in [2.45, 2.75) is 10.3 Å². The monoisotopic (exact) mass is 378 g/mol. The van der Waals surface area contributed by atoms with Crippen LogP contribution >= 0.6 is 0 Å². The van der Waals surface area contributed by atoms with Gasteiger partial charge in [-0.3, -0.25) is 14.9 Å². The maximum Gasteiger partial charge on any atom is 0.339 e. The molecule has 0 bridgehead atoms. The van der Waals surface area contributed by atoms with Gasteiger partial charge in [-0.05, 0) is 24.3 Å². The number of nitrogens with two attached hydrogens (primary N) is 1. The Bertz CT molecular complexity index is 925. The number of benzene rings is 2. The van der Waals surface area contributed by atoms with Gasteiger partial charge in [0.1, 0.15) is 0 Å². The highest BCUT2D eigenvalue weighted by Crippen LogP contribution is 2.15. The second kappa shape index (κ2) is 7.85. The zero-order valence-corrected chi connectivity index (χ0v) is 14.1. The van der Waals surface area contributed by atoms with E-state index in [1.165, 1.54) is 36.4 Å². The SMILES string of the molecule is NC(C(=O)OCC(=O)c1ccc([N+](=O)[O-])cc1)S(=O)(=O)c1ccccc1. The molecule has 2 aromatic carbocycles. The van der Waals surface area contributed by atoms with Crippen LogP contribution in [0.3, 0.4) is 0 Å². The number of sulfone groups is 1. The number of nitro groups is 1. The number of carbonyl (C=O) groups is 2. The van der Waals surface area contributed by atoms with Gasteiger partial charge in [0, 0.05) is 17.7 Å². The Kier molecular flexibility index (Phi) is 5.80. The Morgan fingerprint density at radius 2 is 1.65 bits per heavy atom. The summed E-state index contributed by atoms with van der Waals surface area (Å²) < 4.78 is 29.1. The van der Waals surface area contributed by atoms with E-state index in [0.717, 1.165) is 12.1 Å². The summed E-state index contributed by atoms with van der Waals surface area (Å²) in [5, 5.41) is 8.59. The number of rotatable bonds is 7. The molecular formula is C16H14N2O7S. The molecule has 1 atom stereocenters. The third-order valence-corrected chi connectivity index (χ3v) is 5.17. The molecule has 1 unspecified atom stereocenters. The molecule has 0 aliphatic heterocycles. The number of nitro benzene ring substituents is 1. The number of ether oxygens (including phenoxy) is 1. The van der Waals surface area contributed by atoms with Crippen LogP contribution in [0.15, 0.2) is 59.5 Å². The molecule has 0 radical (unpaired) electrons. The summed E-state index contributed by atoms with van der Waals surface area (Å²) in [6.45, 7) is -0.741. The smallest absolute Gasteiger partial charge is 0.339 e. The first-order valence-electron chi connectivity index (χ1n) is 7.22. The molecule has 2 aromatic rings. The van der Waals surface area contributed by atoms with Crippen LogP contribution in [0, 0.1) is 10.1 Å². The maximum absolute atomic E-state index is 12.2. The maximum atomic E-state index is 12.2. The molecule has 0 aliphatic rings. The van der Waals surface area contributed by atoms with Crippen molar-refractivity contribution in [2.75, 3.05) is 6.61 Å². The molecule has 136 valence electrons. The van der Waals surface area contributed by atoms with Crippen molar-refractivity contribution in [1.29, 1.82) is 0 Å². The van der Waals surface area contributed by atoms with Gasteiger partial charge in [0.2, 0.25) is 15.2 Å². The third kappa shape index (κ3) is 4.29. The summed E-state index contributed by atoms with van der Waals surface area (Å²) in [6.07, 6.45) is 0. The van der Waals surface area contributed by atoms with E-state index in [-0.39, 0.29) is 16.1 Å². The molecule has 0 aromatic heterocycles. The second-order valence-electron chi connectivity index (χ2n) is 5.11. The summed E-state index contributed by atoms with van der Waals surface area (Å²) in [6, 6.07) is 11.8. The van der Waals surface area contributed by atoms with Gasteiger partial charge in [-0.15, -0.1) is 0 Å². The van der Waals surface area contributed by atoms with E-state index in [9.17, 15) is 28.1 Å². The summed E-state index contributed by atoms with van der Waals surface area (Å²) in [5.74, 6) is -1.93. The second-order valence-corrected chi connectivity index (χ2v) is 7.18. The largest absolute Gasteiger partial charge is 0.455 e. The lowest BCUT2D eigenvalue weighted by atomic mass is 10.1. The van der Waals surface area contributed by atoms with Crippen molar-refractivity contribution < 1.29 is 27.7 Å². The van der Waals surface area contributed by atoms with Gasteiger partial charge in [-0.2, -0.15) is 0 Å². The van der Waals surface area contributed by atoms with Crippen LogP contribution in [0.4, 0.5) is 5.69 Å². The number of non-ortho nitro benzene ring substituents is 1. The third-order valence-electron chi connectivity index (χ3n) is 3.38. The summed E-state index contributed by atoms with van der Waals surface area (Å²) in [4.78, 5) is 33.6. The quantitative estimate of drug-likeness (QED) is 0.326. The first kappa shape index (κ1) is 19.2. The van der Waals surface area contributed by atoms with Gasteiger partial charge in [0.25, 0.3) is 5.69 Å². The minimum absolute atomic E-state index is 0.0721. The molecule has 0 saturated heterocycles. The van der Waals surface area contributed by atoms with Crippen LogP contribution in [0.25, 0.3) is 0 Å². The summed E-state index contributed by atoms with van der Waals surface area (Å²) in [7, 11) is -4.15. The van der Waals surface area contributed by atoms with Crippen LogP contribution in [0.1, 0.15) is 10.4 Å². The van der Waals surface area contributed by atoms with E-state index in [0.29, 0.717) is 0 Å². The summed E-state index contributed by atoms with van der Waals surface area (Å²) in [5.41, 5.74) is 5.33. The lowest BCUT2D eigenvalue weighted by Crippen LogP contribution is -2.40. The van der Waals surface area contributed by atoms with E-state index in [2.05, 4.69) is 4.74 Å². The molecule has 0 amide bonds. The van der Waals surface area contributed by atoms with Gasteiger partial charge in [0.05, 0.1) is 9.82 Å². The Hall–Kier alpha value is -3.11. The number of Topliss-reactive ketones (excluding diaryl/α,β-unsaturated/α-hetero) is 1. The van der Waals surface area contributed by atoms with Crippen molar-refractivity contribution in [2.24, 2.45) is 5.73 Å². The number of esters is 1. The van der Waals surface area contributed by atoms with Crippen molar-refractivity contribution >= 4 is 27.3 Å². The first-order chi connectivity index (χ1) is 12.2. The molecule has 0 fully saturated rings. The number of carbonyl (C=O) groups excluding carboxylic acids is 2. The topological polar surface area (TPSA) is 147 Å². The fraction of sp³-hybridized carbons (Fsp3) is 0.125. The molecule has 2 N–H and O–H groups in total. The Labute approximate surface area is 148 Å². The minimum atomic E-state index is -4.15. The van der Waals surface area contributed by atoms with Crippen molar-refractivity contribution in [3.8, 4) is 0 Å². The number of hydrogen-bond acceptors (Lipinski definition) is 8. The number of nitrogens with zero attached hydrogens (tertiary/aromatic N) is 1. The lowest BCUT2D eigenvalue weighted by molar-refractivity contribution is -0.384. The number of hydrogen-bond donors (Lipinski definition) is 1. The van der Waals surface area contributed by atoms with E-state index in [1.807, 2.05) is 0 Å². The van der Waals surface area contributed by atoms with Crippen LogP contribution in [-0.4, -0.2) is 37.1 Å². The van der Waals surface area contributed by atoms with Crippen LogP contribution in [0.5, 0.6) is 0 Å². The average Bonchev–Trinajstić information content (AvgIpc) is 2.65. The van der Waals surface area contributed by atoms with Gasteiger partial charge < -0.3 is 10.5 Å². The number of ketones is 1. The molecule has 0 saturated carbocycles. The minimum Gasteiger partial charge on any atom is -0.455 e. The molecule has 2 rings (SSSR count). The predicted molar refractivity (Wildman–Crippen MR) is 90.0 cm³/mol. The van der Waals surface area contributed by atoms with Crippen LogP contribution in [-0.2, 0) is 19.4 Å². The predicted octanol–water partition coefficient (Wildman–Crippen LogP) is 1.08. The Morgan fingerprint density at radius 3 is 2.19 bits per heavy atom. The molecule has 10 heteroatoms. The first-order valence-corrected chi connectivity index (χ1v) is 8.77. The average molecular weight is 378 g/mol. The molecule has 0 spiro atoms. The van der Waals surface area contributed by atoms with Crippen LogP contribution in [0.2, 0.25) is 0 Å². The fourth-order valence-electron chi connectivity index (χ4n) is 1.95. The summed E-state index contributed by atoms with van der Waals surface area (Å²) >= 11 is 0. The van der Waals surface area contributed by atoms with Gasteiger partial charge in [0.15, 0.2) is 12.4 Å². The Morgan fingerprint density at radius 1 is 1.08 bits per heavy atom. The van der Waals surface area contributed by atoms with Gasteiger partial charge in [-0.25, -0.2) is 13.2 Å². The van der Waals surface area contributed by atoms with E-state index in [4.69, 9.17) is 5.73 Å². The van der Waals surface area contributed by atoms with E-state index in [1.54, 1.807) is 6.07 Å². The highest BCUT2D eigenvalue weighted by molar-refractivity contribution is 7.92. The standard InChI is InChI=1S/C16H14N2O7S/c17-15(26(23,24)13-4-2-1-3-5-13)16(20)25-10-14(19)11-6-8-12(9-7-11)18(21)22/h1-9,15H,10,17H2. The fourth-order valence-corrected chi connectivity index (χ4v) is 3.11. The lowest BCUT2D eigenvalue weighted by Gasteiger charge is -2.12. The van der Waals surface area contributed by atoms with Gasteiger partial charge in [-0.1, -0.05) is 18.2 Å². The molecular weight excluding hydrogens is 364 g/mol. The zero-order valence-electron chi connectivity index (χ0n) is 13.3. The van der Waals surface area contributed by atoms with E-state index >= 15 is 0 Å². The zero-order chi connectivity index (χ0) is 19.3. The van der Waals surface area contributed by atoms with Crippen molar-refractivity contribution in [3.05, 3.63) is 70.3 Å². The molecule has 9 nitrogen and oxygen atoms in total. The highest BCUT2D eigenvalue weighted by atomic mass is 32.2. The van der Waals surface area contributed by atoms with Crippen molar-refractivity contribution in [1.82, 2.24) is 0 Å². The Balaban J connectivity index is 2.01. The van der Waals surface area contributed by atoms with Gasteiger partial charge >= 0.3 is 5.97 Å². The molecule has 26 heavy (non-hydrogen) atoms.